The topological polar surface area (TPSA) is 65.8 Å². The molecule has 30 heavy (non-hydrogen) atoms. The quantitative estimate of drug-likeness (QED) is 0.686. The molecule has 1 aliphatic heterocycles. The second-order valence-corrected chi connectivity index (χ2v) is 7.95. The van der Waals surface area contributed by atoms with Crippen molar-refractivity contribution in [2.75, 3.05) is 32.7 Å². The Morgan fingerprint density at radius 3 is 2.47 bits per heavy atom. The van der Waals surface area contributed by atoms with Crippen molar-refractivity contribution in [3.8, 4) is 0 Å². The van der Waals surface area contributed by atoms with E-state index in [1.165, 1.54) is 6.26 Å². The van der Waals surface area contributed by atoms with Gasteiger partial charge >= 0.3 is 0 Å². The summed E-state index contributed by atoms with van der Waals surface area (Å²) in [5.74, 6) is 0.192. The van der Waals surface area contributed by atoms with Gasteiger partial charge in [-0.3, -0.25) is 14.5 Å². The summed E-state index contributed by atoms with van der Waals surface area (Å²) in [5, 5.41) is 3.85. The van der Waals surface area contributed by atoms with Crippen LogP contribution >= 0.6 is 11.6 Å². The third kappa shape index (κ3) is 5.24. The predicted molar refractivity (Wildman–Crippen MR) is 117 cm³/mol. The van der Waals surface area contributed by atoms with Crippen LogP contribution in [0.3, 0.4) is 0 Å². The first-order valence-corrected chi connectivity index (χ1v) is 11.0. The van der Waals surface area contributed by atoms with Gasteiger partial charge in [0, 0.05) is 30.6 Å². The fourth-order valence-electron chi connectivity index (χ4n) is 4.09. The molecule has 1 atom stereocenters. The molecule has 3 rings (SSSR count). The Morgan fingerprint density at radius 2 is 1.87 bits per heavy atom. The highest BCUT2D eigenvalue weighted by molar-refractivity contribution is 6.31. The minimum Gasteiger partial charge on any atom is -0.459 e. The zero-order chi connectivity index (χ0) is 21.5. The first-order valence-electron chi connectivity index (χ1n) is 10.6. The van der Waals surface area contributed by atoms with Crippen molar-refractivity contribution >= 4 is 23.4 Å². The lowest BCUT2D eigenvalue weighted by molar-refractivity contribution is -0.126. The van der Waals surface area contributed by atoms with E-state index in [0.29, 0.717) is 43.3 Å². The number of nitrogens with zero attached hydrogens (tertiary/aromatic N) is 2. The zero-order valence-electron chi connectivity index (χ0n) is 17.6. The SMILES string of the molecule is CCN(CC)C(CNC(=O)C1CCN(C(=O)c2ccco2)CC1)c1ccccc1Cl. The van der Waals surface area contributed by atoms with Gasteiger partial charge in [0.2, 0.25) is 5.91 Å². The molecule has 1 aliphatic rings. The molecule has 1 aromatic heterocycles. The van der Waals surface area contributed by atoms with Crippen LogP contribution in [0.5, 0.6) is 0 Å². The molecule has 1 fully saturated rings. The maximum absolute atomic E-state index is 12.8. The zero-order valence-corrected chi connectivity index (χ0v) is 18.4. The highest BCUT2D eigenvalue weighted by Gasteiger charge is 2.29. The van der Waals surface area contributed by atoms with Gasteiger partial charge in [-0.15, -0.1) is 0 Å². The van der Waals surface area contributed by atoms with Crippen LogP contribution in [0.25, 0.3) is 0 Å². The molecule has 1 saturated heterocycles. The second kappa shape index (κ2) is 10.6. The van der Waals surface area contributed by atoms with Gasteiger partial charge in [-0.2, -0.15) is 0 Å². The molecule has 1 aromatic carbocycles. The molecule has 1 N–H and O–H groups in total. The maximum Gasteiger partial charge on any atom is 0.289 e. The number of furan rings is 1. The summed E-state index contributed by atoms with van der Waals surface area (Å²) in [7, 11) is 0. The number of halogens is 1. The van der Waals surface area contributed by atoms with Gasteiger partial charge in [0.15, 0.2) is 5.76 Å². The van der Waals surface area contributed by atoms with Crippen molar-refractivity contribution in [3.05, 3.63) is 59.0 Å². The molecule has 0 saturated carbocycles. The minimum atomic E-state index is -0.112. The van der Waals surface area contributed by atoms with Crippen molar-refractivity contribution in [3.63, 3.8) is 0 Å². The summed E-state index contributed by atoms with van der Waals surface area (Å²) in [4.78, 5) is 29.3. The van der Waals surface area contributed by atoms with Gasteiger partial charge in [-0.1, -0.05) is 43.6 Å². The molecular formula is C23H30ClN3O3. The molecule has 0 radical (unpaired) electrons. The lowest BCUT2D eigenvalue weighted by atomic mass is 9.95. The third-order valence-electron chi connectivity index (χ3n) is 5.87. The van der Waals surface area contributed by atoms with Gasteiger partial charge < -0.3 is 14.6 Å². The monoisotopic (exact) mass is 431 g/mol. The Hall–Kier alpha value is -2.31. The second-order valence-electron chi connectivity index (χ2n) is 7.55. The van der Waals surface area contributed by atoms with Crippen LogP contribution in [0.15, 0.2) is 47.1 Å². The van der Waals surface area contributed by atoms with Crippen molar-refractivity contribution in [2.45, 2.75) is 32.7 Å². The number of piperidine rings is 1. The van der Waals surface area contributed by atoms with Crippen LogP contribution in [-0.4, -0.2) is 54.3 Å². The van der Waals surface area contributed by atoms with Gasteiger partial charge in [-0.25, -0.2) is 0 Å². The lowest BCUT2D eigenvalue weighted by Crippen LogP contribution is -2.45. The highest BCUT2D eigenvalue weighted by Crippen LogP contribution is 2.27. The Bertz CT molecular complexity index is 828. The Balaban J connectivity index is 1.57. The lowest BCUT2D eigenvalue weighted by Gasteiger charge is -2.33. The average molecular weight is 432 g/mol. The maximum atomic E-state index is 12.8. The Morgan fingerprint density at radius 1 is 1.17 bits per heavy atom. The van der Waals surface area contributed by atoms with Crippen LogP contribution in [-0.2, 0) is 4.79 Å². The number of carbonyl (C=O) groups is 2. The number of rotatable bonds is 8. The van der Waals surface area contributed by atoms with Crippen molar-refractivity contribution in [1.82, 2.24) is 15.1 Å². The third-order valence-corrected chi connectivity index (χ3v) is 6.22. The van der Waals surface area contributed by atoms with Gasteiger partial charge in [0.25, 0.3) is 5.91 Å². The predicted octanol–water partition coefficient (Wildman–Crippen LogP) is 3.98. The number of likely N-dealkylation sites (N-methyl/N-ethyl adjacent to an activating group) is 1. The van der Waals surface area contributed by atoms with E-state index in [2.05, 4.69) is 24.1 Å². The van der Waals surface area contributed by atoms with Gasteiger partial charge in [0.1, 0.15) is 0 Å². The van der Waals surface area contributed by atoms with Gasteiger partial charge in [0.05, 0.1) is 12.3 Å². The standard InChI is InChI=1S/C23H30ClN3O3/c1-3-26(4-2)20(18-8-5-6-9-19(18)24)16-25-22(28)17-11-13-27(14-12-17)23(29)21-10-7-15-30-21/h5-10,15,17,20H,3-4,11-14,16H2,1-2H3,(H,25,28). The number of amides is 2. The summed E-state index contributed by atoms with van der Waals surface area (Å²) in [5.41, 5.74) is 1.03. The first kappa shape index (κ1) is 22.4. The summed E-state index contributed by atoms with van der Waals surface area (Å²) in [6, 6.07) is 11.2. The number of hydrogen-bond acceptors (Lipinski definition) is 4. The van der Waals surface area contributed by atoms with E-state index in [1.54, 1.807) is 17.0 Å². The summed E-state index contributed by atoms with van der Waals surface area (Å²) in [6.07, 6.45) is 2.80. The number of carbonyl (C=O) groups excluding carboxylic acids is 2. The first-order chi connectivity index (χ1) is 14.5. The van der Waals surface area contributed by atoms with Crippen LogP contribution in [0.1, 0.15) is 48.8 Å². The van der Waals surface area contributed by atoms with E-state index in [4.69, 9.17) is 16.0 Å². The molecule has 6 nitrogen and oxygen atoms in total. The fourth-order valence-corrected chi connectivity index (χ4v) is 4.35. The van der Waals surface area contributed by atoms with Crippen LogP contribution < -0.4 is 5.32 Å². The van der Waals surface area contributed by atoms with Crippen molar-refractivity contribution in [1.29, 1.82) is 0 Å². The summed E-state index contributed by atoms with van der Waals surface area (Å²) in [6.45, 7) is 7.59. The molecule has 0 spiro atoms. The van der Waals surface area contributed by atoms with Crippen LogP contribution in [0.4, 0.5) is 0 Å². The van der Waals surface area contributed by atoms with Gasteiger partial charge in [-0.05, 0) is 49.7 Å². The van der Waals surface area contributed by atoms with E-state index < -0.39 is 0 Å². The van der Waals surface area contributed by atoms with E-state index >= 15 is 0 Å². The molecular weight excluding hydrogens is 402 g/mol. The largest absolute Gasteiger partial charge is 0.459 e. The van der Waals surface area contributed by atoms with E-state index in [1.807, 2.05) is 24.3 Å². The Kier molecular flexibility index (Phi) is 7.94. The minimum absolute atomic E-state index is 0.0262. The van der Waals surface area contributed by atoms with Crippen LogP contribution in [0, 0.1) is 5.92 Å². The summed E-state index contributed by atoms with van der Waals surface area (Å²) < 4.78 is 5.20. The molecule has 2 amide bonds. The molecule has 162 valence electrons. The fraction of sp³-hybridized carbons (Fsp3) is 0.478. The molecule has 2 aromatic rings. The number of hydrogen-bond donors (Lipinski definition) is 1. The number of benzene rings is 1. The highest BCUT2D eigenvalue weighted by atomic mass is 35.5. The molecule has 7 heteroatoms. The van der Waals surface area contributed by atoms with Crippen LogP contribution in [0.2, 0.25) is 5.02 Å². The van der Waals surface area contributed by atoms with E-state index in [9.17, 15) is 9.59 Å². The number of likely N-dealkylation sites (tertiary alicyclic amines) is 1. The molecule has 2 heterocycles. The smallest absolute Gasteiger partial charge is 0.289 e. The molecule has 0 bridgehead atoms. The Labute approximate surface area is 183 Å². The average Bonchev–Trinajstić information content (AvgIpc) is 3.32. The van der Waals surface area contributed by atoms with Crippen molar-refractivity contribution in [2.24, 2.45) is 5.92 Å². The molecule has 0 aliphatic carbocycles. The summed E-state index contributed by atoms with van der Waals surface area (Å²) >= 11 is 6.44. The van der Waals surface area contributed by atoms with E-state index in [0.717, 1.165) is 18.7 Å². The van der Waals surface area contributed by atoms with E-state index in [-0.39, 0.29) is 23.8 Å². The molecule has 1 unspecified atom stereocenters. The van der Waals surface area contributed by atoms with Crippen molar-refractivity contribution < 1.29 is 14.0 Å². The number of nitrogens with one attached hydrogen (secondary N) is 1. The normalized spacial score (nSPS) is 15.9.